The zero-order valence-corrected chi connectivity index (χ0v) is 13.5. The molecule has 2 unspecified atom stereocenters. The average molecular weight is 325 g/mol. The van der Waals surface area contributed by atoms with Crippen molar-refractivity contribution >= 4 is 23.0 Å². The fraction of sp³-hybridized carbons (Fsp3) is 0.625. The van der Waals surface area contributed by atoms with Gasteiger partial charge in [-0.15, -0.1) is 0 Å². The third-order valence-electron chi connectivity index (χ3n) is 5.19. The molecule has 2 aliphatic rings. The number of aliphatic hydroxyl groups is 1. The van der Waals surface area contributed by atoms with Crippen LogP contribution in [-0.4, -0.2) is 28.7 Å². The van der Waals surface area contributed by atoms with Gasteiger partial charge in [0, 0.05) is 31.1 Å². The fourth-order valence-electron chi connectivity index (χ4n) is 4.00. The molecule has 0 aromatic heterocycles. The summed E-state index contributed by atoms with van der Waals surface area (Å²) in [6.45, 7) is 3.37. The van der Waals surface area contributed by atoms with Crippen molar-refractivity contribution in [3.05, 3.63) is 32.8 Å². The topological polar surface area (TPSA) is 66.6 Å². The van der Waals surface area contributed by atoms with Gasteiger partial charge in [-0.3, -0.25) is 10.1 Å². The van der Waals surface area contributed by atoms with Crippen LogP contribution in [-0.2, 0) is 0 Å². The first-order valence-electron chi connectivity index (χ1n) is 7.82. The standard InChI is InChI=1S/C16H21ClN2O3/c1-11-8-13(19(21)22)9-14(17)15(11)18-7-6-16(20)5-3-2-4-12(16)10-18/h8-9,12,20H,2-7,10H2,1H3. The highest BCUT2D eigenvalue weighted by Gasteiger charge is 2.43. The number of anilines is 1. The smallest absolute Gasteiger partial charge is 0.271 e. The minimum Gasteiger partial charge on any atom is -0.389 e. The Hall–Kier alpha value is -1.33. The average Bonchev–Trinajstić information content (AvgIpc) is 2.46. The molecule has 2 atom stereocenters. The normalized spacial score (nSPS) is 28.3. The molecule has 1 aliphatic carbocycles. The third kappa shape index (κ3) is 2.68. The first-order chi connectivity index (χ1) is 10.4. The van der Waals surface area contributed by atoms with Crippen LogP contribution in [0.5, 0.6) is 0 Å². The van der Waals surface area contributed by atoms with E-state index in [1.54, 1.807) is 6.07 Å². The molecule has 120 valence electrons. The lowest BCUT2D eigenvalue weighted by Gasteiger charge is -2.48. The Morgan fingerprint density at radius 2 is 2.18 bits per heavy atom. The maximum Gasteiger partial charge on any atom is 0.271 e. The Morgan fingerprint density at radius 1 is 1.41 bits per heavy atom. The summed E-state index contributed by atoms with van der Waals surface area (Å²) in [4.78, 5) is 12.7. The lowest BCUT2D eigenvalue weighted by atomic mass is 9.71. The molecule has 1 N–H and O–H groups in total. The SMILES string of the molecule is Cc1cc([N+](=O)[O-])cc(Cl)c1N1CCC2(O)CCCCC2C1. The van der Waals surface area contributed by atoms with Crippen LogP contribution in [0, 0.1) is 23.0 Å². The summed E-state index contributed by atoms with van der Waals surface area (Å²) >= 11 is 6.31. The number of fused-ring (bicyclic) bond motifs is 1. The minimum absolute atomic E-state index is 0.0254. The molecule has 22 heavy (non-hydrogen) atoms. The number of benzene rings is 1. The molecule has 0 radical (unpaired) electrons. The number of piperidine rings is 1. The number of aryl methyl sites for hydroxylation is 1. The van der Waals surface area contributed by atoms with Crippen molar-refractivity contribution in [3.63, 3.8) is 0 Å². The Kier molecular flexibility index (Phi) is 4.03. The second kappa shape index (κ2) is 5.70. The molecular weight excluding hydrogens is 304 g/mol. The van der Waals surface area contributed by atoms with Gasteiger partial charge < -0.3 is 10.0 Å². The quantitative estimate of drug-likeness (QED) is 0.665. The van der Waals surface area contributed by atoms with E-state index in [1.807, 2.05) is 6.92 Å². The Labute approximate surface area is 135 Å². The molecule has 1 aromatic carbocycles. The van der Waals surface area contributed by atoms with Gasteiger partial charge in [0.1, 0.15) is 0 Å². The highest BCUT2D eigenvalue weighted by molar-refractivity contribution is 6.33. The molecule has 0 amide bonds. The van der Waals surface area contributed by atoms with E-state index < -0.39 is 10.5 Å². The van der Waals surface area contributed by atoms with Crippen LogP contribution in [0.1, 0.15) is 37.7 Å². The van der Waals surface area contributed by atoms with Crippen molar-refractivity contribution < 1.29 is 10.0 Å². The van der Waals surface area contributed by atoms with E-state index in [0.29, 0.717) is 5.02 Å². The lowest BCUT2D eigenvalue weighted by molar-refractivity contribution is -0.384. The second-order valence-corrected chi connectivity index (χ2v) is 7.00. The fourth-order valence-corrected chi connectivity index (χ4v) is 4.38. The van der Waals surface area contributed by atoms with Crippen molar-refractivity contribution in [2.75, 3.05) is 18.0 Å². The Balaban J connectivity index is 1.88. The molecule has 0 spiro atoms. The number of non-ortho nitro benzene ring substituents is 1. The van der Waals surface area contributed by atoms with E-state index in [0.717, 1.165) is 56.4 Å². The highest BCUT2D eigenvalue weighted by Crippen LogP contribution is 2.43. The number of nitro groups is 1. The van der Waals surface area contributed by atoms with E-state index in [9.17, 15) is 15.2 Å². The molecule has 0 bridgehead atoms. The number of halogens is 1. The number of nitro benzene ring substituents is 1. The summed E-state index contributed by atoms with van der Waals surface area (Å²) in [5.41, 5.74) is 1.19. The maximum absolute atomic E-state index is 10.9. The molecule has 1 saturated heterocycles. The van der Waals surface area contributed by atoms with Crippen molar-refractivity contribution in [3.8, 4) is 0 Å². The molecule has 2 fully saturated rings. The van der Waals surface area contributed by atoms with Gasteiger partial charge >= 0.3 is 0 Å². The van der Waals surface area contributed by atoms with Crippen LogP contribution in [0.4, 0.5) is 11.4 Å². The molecule has 1 aromatic rings. The summed E-state index contributed by atoms with van der Waals surface area (Å²) in [6, 6.07) is 2.99. The van der Waals surface area contributed by atoms with Crippen LogP contribution in [0.3, 0.4) is 0 Å². The van der Waals surface area contributed by atoms with Crippen molar-refractivity contribution in [1.29, 1.82) is 0 Å². The second-order valence-electron chi connectivity index (χ2n) is 6.59. The molecule has 6 heteroatoms. The van der Waals surface area contributed by atoms with Gasteiger partial charge in [0.15, 0.2) is 0 Å². The van der Waals surface area contributed by atoms with Crippen molar-refractivity contribution in [1.82, 2.24) is 0 Å². The van der Waals surface area contributed by atoms with Crippen molar-refractivity contribution in [2.45, 2.75) is 44.6 Å². The van der Waals surface area contributed by atoms with Gasteiger partial charge in [0.05, 0.1) is 21.2 Å². The van der Waals surface area contributed by atoms with E-state index in [2.05, 4.69) is 4.90 Å². The van der Waals surface area contributed by atoms with Gasteiger partial charge in [-0.1, -0.05) is 24.4 Å². The van der Waals surface area contributed by atoms with E-state index >= 15 is 0 Å². The summed E-state index contributed by atoms with van der Waals surface area (Å²) < 4.78 is 0. The monoisotopic (exact) mass is 324 g/mol. The zero-order valence-electron chi connectivity index (χ0n) is 12.7. The van der Waals surface area contributed by atoms with Gasteiger partial charge in [-0.2, -0.15) is 0 Å². The van der Waals surface area contributed by atoms with Gasteiger partial charge in [0.25, 0.3) is 5.69 Å². The largest absolute Gasteiger partial charge is 0.389 e. The van der Waals surface area contributed by atoms with E-state index in [-0.39, 0.29) is 11.6 Å². The molecule has 3 rings (SSSR count). The van der Waals surface area contributed by atoms with Crippen LogP contribution >= 0.6 is 11.6 Å². The van der Waals surface area contributed by atoms with E-state index in [1.165, 1.54) is 6.07 Å². The first kappa shape index (κ1) is 15.6. The van der Waals surface area contributed by atoms with E-state index in [4.69, 9.17) is 11.6 Å². The van der Waals surface area contributed by atoms with Gasteiger partial charge in [-0.05, 0) is 31.7 Å². The summed E-state index contributed by atoms with van der Waals surface area (Å²) in [5.74, 6) is 0.264. The molecule has 1 saturated carbocycles. The summed E-state index contributed by atoms with van der Waals surface area (Å²) in [5, 5.41) is 22.1. The van der Waals surface area contributed by atoms with Gasteiger partial charge in [0.2, 0.25) is 0 Å². The molecule has 1 heterocycles. The predicted molar refractivity (Wildman–Crippen MR) is 86.6 cm³/mol. The number of nitrogens with zero attached hydrogens (tertiary/aromatic N) is 2. The molecule has 5 nitrogen and oxygen atoms in total. The number of hydrogen-bond donors (Lipinski definition) is 1. The molecular formula is C16H21ClN2O3. The zero-order chi connectivity index (χ0) is 15.9. The van der Waals surface area contributed by atoms with Crippen LogP contribution in [0.15, 0.2) is 12.1 Å². The van der Waals surface area contributed by atoms with Crippen LogP contribution in [0.2, 0.25) is 5.02 Å². The Bertz CT molecular complexity index is 584. The lowest BCUT2D eigenvalue weighted by Crippen LogP contribution is -2.53. The van der Waals surface area contributed by atoms with Crippen molar-refractivity contribution in [2.24, 2.45) is 5.92 Å². The summed E-state index contributed by atoms with van der Waals surface area (Å²) in [7, 11) is 0. The van der Waals surface area contributed by atoms with Crippen LogP contribution < -0.4 is 4.90 Å². The minimum atomic E-state index is -0.532. The number of hydrogen-bond acceptors (Lipinski definition) is 4. The van der Waals surface area contributed by atoms with Crippen LogP contribution in [0.25, 0.3) is 0 Å². The highest BCUT2D eigenvalue weighted by atomic mass is 35.5. The molecule has 1 aliphatic heterocycles. The number of rotatable bonds is 2. The first-order valence-corrected chi connectivity index (χ1v) is 8.20. The predicted octanol–water partition coefficient (Wildman–Crippen LogP) is 3.69. The maximum atomic E-state index is 10.9. The summed E-state index contributed by atoms with van der Waals surface area (Å²) in [6.07, 6.45) is 4.93. The third-order valence-corrected chi connectivity index (χ3v) is 5.48. The van der Waals surface area contributed by atoms with Gasteiger partial charge in [-0.25, -0.2) is 0 Å². The Morgan fingerprint density at radius 3 is 2.86 bits per heavy atom.